The molecule has 1 N–H and O–H groups in total. The molecule has 1 heterocycles. The van der Waals surface area contributed by atoms with Crippen molar-refractivity contribution in [3.8, 4) is 5.75 Å². The lowest BCUT2D eigenvalue weighted by Gasteiger charge is -2.39. The number of hydrogen-bond acceptors (Lipinski definition) is 4. The first-order chi connectivity index (χ1) is 11.2. The summed E-state index contributed by atoms with van der Waals surface area (Å²) in [6, 6.07) is 6.06. The van der Waals surface area contributed by atoms with E-state index in [4.69, 9.17) is 4.74 Å². The number of nitrogens with zero attached hydrogens (tertiary/aromatic N) is 2. The summed E-state index contributed by atoms with van der Waals surface area (Å²) in [4.78, 5) is 6.32. The number of methoxy groups -OCH3 is 1. The number of aryl methyl sites for hydroxylation is 1. The van der Waals surface area contributed by atoms with Crippen molar-refractivity contribution >= 4 is 39.8 Å². The van der Waals surface area contributed by atoms with Gasteiger partial charge in [-0.2, -0.15) is 0 Å². The summed E-state index contributed by atoms with van der Waals surface area (Å²) >= 11 is 0. The van der Waals surface area contributed by atoms with Crippen molar-refractivity contribution in [1.29, 1.82) is 0 Å². The van der Waals surface area contributed by atoms with Gasteiger partial charge in [0.15, 0.2) is 15.8 Å². The third-order valence-electron chi connectivity index (χ3n) is 4.35. The summed E-state index contributed by atoms with van der Waals surface area (Å²) in [6.07, 6.45) is 0. The van der Waals surface area contributed by atoms with Crippen LogP contribution < -0.4 is 10.1 Å². The van der Waals surface area contributed by atoms with Gasteiger partial charge in [0.2, 0.25) is 0 Å². The fraction of sp³-hybridized carbons (Fsp3) is 0.588. The highest BCUT2D eigenvalue weighted by Crippen LogP contribution is 2.24. The molecule has 0 saturated carbocycles. The third kappa shape index (κ3) is 5.22. The lowest BCUT2D eigenvalue weighted by Crippen LogP contribution is -2.57. The third-order valence-corrected chi connectivity index (χ3v) is 6.88. The molecule has 0 bridgehead atoms. The first-order valence-electron chi connectivity index (χ1n) is 8.01. The molecule has 25 heavy (non-hydrogen) atoms. The lowest BCUT2D eigenvalue weighted by molar-refractivity contribution is 0.353. The highest BCUT2D eigenvalue weighted by atomic mass is 127. The molecule has 2 rings (SSSR count). The normalized spacial score (nSPS) is 19.1. The molecule has 0 spiro atoms. The maximum atomic E-state index is 12.1. The number of guanidine groups is 1. The summed E-state index contributed by atoms with van der Waals surface area (Å²) in [5, 5.41) is 3.32. The van der Waals surface area contributed by atoms with Crippen molar-refractivity contribution in [2.24, 2.45) is 4.99 Å². The molecule has 1 aliphatic heterocycles. The quantitative estimate of drug-likeness (QED) is 0.407. The smallest absolute Gasteiger partial charge is 0.193 e. The van der Waals surface area contributed by atoms with E-state index in [1.165, 1.54) is 0 Å². The largest absolute Gasteiger partial charge is 0.497 e. The summed E-state index contributed by atoms with van der Waals surface area (Å²) in [6.45, 7) is 7.07. The van der Waals surface area contributed by atoms with Gasteiger partial charge in [0, 0.05) is 26.7 Å². The molecular formula is C17H28IN3O3S. The average molecular weight is 481 g/mol. The van der Waals surface area contributed by atoms with Crippen molar-refractivity contribution in [3.63, 3.8) is 0 Å². The van der Waals surface area contributed by atoms with Gasteiger partial charge in [-0.3, -0.25) is 4.99 Å². The number of aliphatic imine (C=N–C) groups is 1. The Morgan fingerprint density at radius 2 is 2.04 bits per heavy atom. The van der Waals surface area contributed by atoms with Crippen LogP contribution in [-0.4, -0.2) is 57.0 Å². The Kier molecular flexibility index (Phi) is 7.54. The van der Waals surface area contributed by atoms with E-state index in [1.54, 1.807) is 28.0 Å². The molecule has 0 amide bonds. The molecule has 8 heteroatoms. The van der Waals surface area contributed by atoms with Crippen LogP contribution >= 0.6 is 24.0 Å². The molecule has 1 fully saturated rings. The zero-order valence-electron chi connectivity index (χ0n) is 15.5. The van der Waals surface area contributed by atoms with E-state index in [-0.39, 0.29) is 29.7 Å². The molecule has 0 aliphatic carbocycles. The Bertz CT molecular complexity index is 733. The lowest BCUT2D eigenvalue weighted by atomic mass is 10.1. The van der Waals surface area contributed by atoms with Crippen LogP contribution in [0.15, 0.2) is 23.2 Å². The minimum Gasteiger partial charge on any atom is -0.497 e. The molecule has 0 aromatic heterocycles. The molecule has 1 saturated heterocycles. The predicted octanol–water partition coefficient (Wildman–Crippen LogP) is 2.21. The van der Waals surface area contributed by atoms with Gasteiger partial charge >= 0.3 is 0 Å². The van der Waals surface area contributed by atoms with Crippen LogP contribution in [0.2, 0.25) is 0 Å². The van der Waals surface area contributed by atoms with E-state index in [1.807, 2.05) is 24.0 Å². The number of ether oxygens (including phenoxy) is 1. The van der Waals surface area contributed by atoms with E-state index < -0.39 is 14.6 Å². The van der Waals surface area contributed by atoms with Crippen molar-refractivity contribution in [2.45, 2.75) is 32.1 Å². The van der Waals surface area contributed by atoms with Crippen LogP contribution in [0.25, 0.3) is 0 Å². The van der Waals surface area contributed by atoms with Crippen LogP contribution in [0, 0.1) is 6.92 Å². The Balaban J connectivity index is 0.00000312. The second kappa shape index (κ2) is 8.57. The molecule has 1 aliphatic rings. The van der Waals surface area contributed by atoms with Crippen molar-refractivity contribution < 1.29 is 13.2 Å². The highest BCUT2D eigenvalue weighted by molar-refractivity contribution is 14.0. The van der Waals surface area contributed by atoms with Crippen LogP contribution in [0.1, 0.15) is 25.0 Å². The molecule has 1 aromatic rings. The van der Waals surface area contributed by atoms with Crippen molar-refractivity contribution in [2.75, 3.05) is 33.0 Å². The SMILES string of the molecule is CN=C(NCc1cc(C)cc(OC)c1)N1CCS(=O)(=O)C(C)(C)C1.I. The minimum absolute atomic E-state index is 0. The Morgan fingerprint density at radius 3 is 2.60 bits per heavy atom. The topological polar surface area (TPSA) is 71.0 Å². The fourth-order valence-electron chi connectivity index (χ4n) is 2.88. The van der Waals surface area contributed by atoms with Gasteiger partial charge in [0.1, 0.15) is 5.75 Å². The Morgan fingerprint density at radius 1 is 1.36 bits per heavy atom. The van der Waals surface area contributed by atoms with E-state index in [2.05, 4.69) is 16.4 Å². The van der Waals surface area contributed by atoms with Crippen LogP contribution in [-0.2, 0) is 16.4 Å². The number of sulfone groups is 1. The zero-order valence-corrected chi connectivity index (χ0v) is 18.6. The maximum Gasteiger partial charge on any atom is 0.193 e. The summed E-state index contributed by atoms with van der Waals surface area (Å²) in [5.41, 5.74) is 2.23. The van der Waals surface area contributed by atoms with Gasteiger partial charge in [-0.05, 0) is 44.0 Å². The van der Waals surface area contributed by atoms with Crippen molar-refractivity contribution in [3.05, 3.63) is 29.3 Å². The van der Waals surface area contributed by atoms with E-state index in [9.17, 15) is 8.42 Å². The van der Waals surface area contributed by atoms with E-state index >= 15 is 0 Å². The number of hydrogen-bond donors (Lipinski definition) is 1. The number of rotatable bonds is 3. The first kappa shape index (κ1) is 22.0. The van der Waals surface area contributed by atoms with Crippen molar-refractivity contribution in [1.82, 2.24) is 10.2 Å². The average Bonchev–Trinajstić information content (AvgIpc) is 2.50. The molecule has 142 valence electrons. The Hall–Kier alpha value is -1.03. The molecule has 0 radical (unpaired) electrons. The van der Waals surface area contributed by atoms with Gasteiger partial charge < -0.3 is 15.0 Å². The molecule has 1 aromatic carbocycles. The molecule has 6 nitrogen and oxygen atoms in total. The standard InChI is InChI=1S/C17H27N3O3S.HI/c1-13-8-14(10-15(9-13)23-5)11-19-16(18-4)20-6-7-24(21,22)17(2,3)12-20;/h8-10H,6-7,11-12H2,1-5H3,(H,18,19);1H. The molecular weight excluding hydrogens is 453 g/mol. The number of benzene rings is 1. The van der Waals surface area contributed by atoms with Crippen LogP contribution in [0.3, 0.4) is 0 Å². The van der Waals surface area contributed by atoms with Crippen LogP contribution in [0.4, 0.5) is 0 Å². The van der Waals surface area contributed by atoms with Crippen LogP contribution in [0.5, 0.6) is 5.75 Å². The van der Waals surface area contributed by atoms with Gasteiger partial charge in [-0.25, -0.2) is 8.42 Å². The summed E-state index contributed by atoms with van der Waals surface area (Å²) in [7, 11) is 0.313. The highest BCUT2D eigenvalue weighted by Gasteiger charge is 2.40. The monoisotopic (exact) mass is 481 g/mol. The van der Waals surface area contributed by atoms with E-state index in [0.717, 1.165) is 22.8 Å². The molecule has 0 unspecified atom stereocenters. The van der Waals surface area contributed by atoms with Gasteiger partial charge in [-0.15, -0.1) is 24.0 Å². The Labute approximate surface area is 168 Å². The van der Waals surface area contributed by atoms with Gasteiger partial charge in [0.25, 0.3) is 0 Å². The predicted molar refractivity (Wildman–Crippen MR) is 113 cm³/mol. The minimum atomic E-state index is -3.06. The summed E-state index contributed by atoms with van der Waals surface area (Å²) < 4.78 is 28.8. The summed E-state index contributed by atoms with van der Waals surface area (Å²) in [5.74, 6) is 1.70. The fourth-order valence-corrected chi connectivity index (χ4v) is 4.25. The first-order valence-corrected chi connectivity index (χ1v) is 9.66. The zero-order chi connectivity index (χ0) is 18.0. The van der Waals surface area contributed by atoms with Gasteiger partial charge in [-0.1, -0.05) is 6.07 Å². The van der Waals surface area contributed by atoms with Gasteiger partial charge in [0.05, 0.1) is 17.6 Å². The number of nitrogens with one attached hydrogen (secondary N) is 1. The second-order valence-electron chi connectivity index (χ2n) is 6.76. The number of halogens is 1. The maximum absolute atomic E-state index is 12.1. The van der Waals surface area contributed by atoms with E-state index in [0.29, 0.717) is 19.6 Å². The second-order valence-corrected chi connectivity index (χ2v) is 9.50. The molecule has 0 atom stereocenters.